The first-order chi connectivity index (χ1) is 5.52. The molecule has 0 unspecified atom stereocenters. The van der Waals surface area contributed by atoms with Gasteiger partial charge in [-0.15, -0.1) is 0 Å². The monoisotopic (exact) mass is 185 g/mol. The third-order valence-corrected chi connectivity index (χ3v) is 2.14. The number of hydrogen-bond acceptors (Lipinski definition) is 4. The predicted molar refractivity (Wildman–Crippen MR) is 43.4 cm³/mol. The largest absolute Gasteiger partial charge is 0.277 e. The van der Waals surface area contributed by atoms with Gasteiger partial charge in [0, 0.05) is 18.6 Å². The minimum Gasteiger partial charge on any atom is -0.276 e. The Bertz CT molecular complexity index is 382. The first kappa shape index (κ1) is 8.86. The lowest BCUT2D eigenvalue weighted by molar-refractivity contribution is 0.107. The van der Waals surface area contributed by atoms with E-state index in [1.807, 2.05) is 0 Å². The van der Waals surface area contributed by atoms with E-state index in [9.17, 15) is 13.2 Å². The van der Waals surface area contributed by atoms with Crippen LogP contribution in [0.15, 0.2) is 24.5 Å². The molecule has 1 aromatic heterocycles. The molecule has 1 aromatic rings. The maximum atomic E-state index is 11.0. The van der Waals surface area contributed by atoms with E-state index in [-0.39, 0.29) is 5.56 Å². The van der Waals surface area contributed by atoms with E-state index in [0.29, 0.717) is 0 Å². The summed E-state index contributed by atoms with van der Waals surface area (Å²) in [5.74, 6) is 0. The molecule has 0 fully saturated rings. The molecule has 0 saturated carbocycles. The van der Waals surface area contributed by atoms with E-state index in [1.165, 1.54) is 24.5 Å². The summed E-state index contributed by atoms with van der Waals surface area (Å²) < 4.78 is 21.5. The topological polar surface area (TPSA) is 64.1 Å². The van der Waals surface area contributed by atoms with Gasteiger partial charge in [-0.05, 0) is 12.1 Å². The summed E-state index contributed by atoms with van der Waals surface area (Å²) in [5.41, 5.74) is 0.0972. The molecule has 0 aliphatic heterocycles. The Balaban J connectivity index is 3.11. The maximum absolute atomic E-state index is 11.0. The van der Waals surface area contributed by atoms with Gasteiger partial charge in [0.2, 0.25) is 9.84 Å². The number of carbonyl (C=O) groups excluding carboxylic acids is 1. The first-order valence-corrected chi connectivity index (χ1v) is 5.05. The summed E-state index contributed by atoms with van der Waals surface area (Å²) in [4.78, 5) is 14.7. The Hall–Kier alpha value is -1.23. The van der Waals surface area contributed by atoms with Crippen LogP contribution in [0.5, 0.6) is 0 Å². The highest BCUT2D eigenvalue weighted by Gasteiger charge is 2.17. The molecule has 1 heterocycles. The van der Waals surface area contributed by atoms with Crippen LogP contribution in [-0.4, -0.2) is 24.8 Å². The van der Waals surface area contributed by atoms with Crippen molar-refractivity contribution in [2.75, 3.05) is 6.26 Å². The third-order valence-electron chi connectivity index (χ3n) is 1.23. The van der Waals surface area contributed by atoms with Crippen molar-refractivity contribution >= 4 is 15.0 Å². The van der Waals surface area contributed by atoms with E-state index < -0.39 is 15.0 Å². The van der Waals surface area contributed by atoms with Gasteiger partial charge in [-0.2, -0.15) is 0 Å². The quantitative estimate of drug-likeness (QED) is 0.629. The van der Waals surface area contributed by atoms with Gasteiger partial charge in [0.25, 0.3) is 5.12 Å². The first-order valence-electron chi connectivity index (χ1n) is 3.16. The molecule has 0 aliphatic rings. The summed E-state index contributed by atoms with van der Waals surface area (Å²) in [5, 5.41) is -0.893. The van der Waals surface area contributed by atoms with E-state index in [2.05, 4.69) is 4.98 Å². The molecule has 12 heavy (non-hydrogen) atoms. The van der Waals surface area contributed by atoms with Crippen LogP contribution in [0.2, 0.25) is 0 Å². The normalized spacial score (nSPS) is 11.1. The molecule has 0 N–H and O–H groups in total. The van der Waals surface area contributed by atoms with Crippen molar-refractivity contribution in [2.45, 2.75) is 0 Å². The Kier molecular flexibility index (Phi) is 2.23. The lowest BCUT2D eigenvalue weighted by Crippen LogP contribution is -2.12. The molecular weight excluding hydrogens is 178 g/mol. The molecule has 0 saturated heterocycles. The zero-order valence-electron chi connectivity index (χ0n) is 6.39. The van der Waals surface area contributed by atoms with Crippen LogP contribution in [0.25, 0.3) is 0 Å². The molecular formula is C7H7NO3S. The molecule has 64 valence electrons. The number of nitrogens with zero attached hydrogens (tertiary/aromatic N) is 1. The van der Waals surface area contributed by atoms with Crippen LogP contribution in [0.1, 0.15) is 10.4 Å². The second kappa shape index (κ2) is 3.02. The van der Waals surface area contributed by atoms with Gasteiger partial charge in [-0.3, -0.25) is 9.78 Å². The van der Waals surface area contributed by atoms with Crippen LogP contribution in [0.4, 0.5) is 0 Å². The zero-order valence-corrected chi connectivity index (χ0v) is 7.21. The number of aromatic nitrogens is 1. The van der Waals surface area contributed by atoms with Crippen LogP contribution >= 0.6 is 0 Å². The number of rotatable bonds is 1. The third kappa shape index (κ3) is 1.88. The average molecular weight is 185 g/mol. The fraction of sp³-hybridized carbons (Fsp3) is 0.143. The highest BCUT2D eigenvalue weighted by Crippen LogP contribution is 2.01. The fourth-order valence-corrected chi connectivity index (χ4v) is 1.25. The Morgan fingerprint density at radius 1 is 1.50 bits per heavy atom. The fourth-order valence-electron chi connectivity index (χ4n) is 0.698. The Labute approximate surface area is 70.2 Å². The van der Waals surface area contributed by atoms with Crippen LogP contribution in [0.3, 0.4) is 0 Å². The molecule has 0 bridgehead atoms. The van der Waals surface area contributed by atoms with Crippen molar-refractivity contribution in [2.24, 2.45) is 0 Å². The SMILES string of the molecule is CS(=O)(=O)C(=O)c1cccnc1. The molecule has 0 spiro atoms. The molecule has 4 nitrogen and oxygen atoms in total. The van der Waals surface area contributed by atoms with Crippen LogP contribution < -0.4 is 0 Å². The Morgan fingerprint density at radius 3 is 2.58 bits per heavy atom. The number of carbonyl (C=O) groups is 1. The zero-order chi connectivity index (χ0) is 9.19. The standard InChI is InChI=1S/C7H7NO3S/c1-12(10,11)7(9)6-3-2-4-8-5-6/h2-5H,1H3. The van der Waals surface area contributed by atoms with E-state index >= 15 is 0 Å². The van der Waals surface area contributed by atoms with Crippen molar-refractivity contribution < 1.29 is 13.2 Å². The highest BCUT2D eigenvalue weighted by atomic mass is 32.2. The summed E-state index contributed by atoms with van der Waals surface area (Å²) in [7, 11) is -3.63. The van der Waals surface area contributed by atoms with Crippen molar-refractivity contribution in [3.05, 3.63) is 30.1 Å². The lowest BCUT2D eigenvalue weighted by atomic mass is 10.3. The molecule has 0 atom stereocenters. The van der Waals surface area contributed by atoms with Gasteiger partial charge in [0.1, 0.15) is 0 Å². The van der Waals surface area contributed by atoms with Gasteiger partial charge in [0.05, 0.1) is 5.56 Å². The molecule has 5 heteroatoms. The van der Waals surface area contributed by atoms with Gasteiger partial charge in [-0.25, -0.2) is 8.42 Å². The lowest BCUT2D eigenvalue weighted by Gasteiger charge is -1.94. The number of pyridine rings is 1. The van der Waals surface area contributed by atoms with Crippen molar-refractivity contribution in [1.29, 1.82) is 0 Å². The Morgan fingerprint density at radius 2 is 2.17 bits per heavy atom. The van der Waals surface area contributed by atoms with E-state index in [0.717, 1.165) is 6.26 Å². The molecule has 0 radical (unpaired) electrons. The second-order valence-electron chi connectivity index (χ2n) is 2.30. The maximum Gasteiger partial charge on any atom is 0.277 e. The molecule has 0 amide bonds. The van der Waals surface area contributed by atoms with Crippen molar-refractivity contribution in [3.8, 4) is 0 Å². The van der Waals surface area contributed by atoms with Gasteiger partial charge < -0.3 is 0 Å². The van der Waals surface area contributed by atoms with E-state index in [1.54, 1.807) is 0 Å². The minimum absolute atomic E-state index is 0.0972. The average Bonchev–Trinajstić information content (AvgIpc) is 2.03. The minimum atomic E-state index is -3.63. The van der Waals surface area contributed by atoms with Crippen molar-refractivity contribution in [3.63, 3.8) is 0 Å². The van der Waals surface area contributed by atoms with E-state index in [4.69, 9.17) is 0 Å². The van der Waals surface area contributed by atoms with Gasteiger partial charge in [0.15, 0.2) is 0 Å². The summed E-state index contributed by atoms with van der Waals surface area (Å²) >= 11 is 0. The summed E-state index contributed by atoms with van der Waals surface area (Å²) in [6.45, 7) is 0. The van der Waals surface area contributed by atoms with Crippen LogP contribution in [-0.2, 0) is 9.84 Å². The summed E-state index contributed by atoms with van der Waals surface area (Å²) in [6, 6.07) is 2.93. The second-order valence-corrected chi connectivity index (χ2v) is 4.22. The number of hydrogen-bond donors (Lipinski definition) is 0. The smallest absolute Gasteiger partial charge is 0.276 e. The molecule has 0 aromatic carbocycles. The summed E-state index contributed by atoms with van der Waals surface area (Å²) in [6.07, 6.45) is 3.57. The molecule has 1 rings (SSSR count). The predicted octanol–water partition coefficient (Wildman–Crippen LogP) is 0.266. The van der Waals surface area contributed by atoms with Crippen molar-refractivity contribution in [1.82, 2.24) is 4.98 Å². The number of sulfone groups is 1. The van der Waals surface area contributed by atoms with Crippen LogP contribution in [0, 0.1) is 0 Å². The van der Waals surface area contributed by atoms with Gasteiger partial charge >= 0.3 is 0 Å². The van der Waals surface area contributed by atoms with Gasteiger partial charge in [-0.1, -0.05) is 0 Å². The molecule has 0 aliphatic carbocycles. The highest BCUT2D eigenvalue weighted by molar-refractivity contribution is 8.06.